The fourth-order valence-corrected chi connectivity index (χ4v) is 10.1. The van der Waals surface area contributed by atoms with Gasteiger partial charge in [0.05, 0.1) is 24.1 Å². The molecule has 3 aromatic rings. The molecule has 1 saturated carbocycles. The molecule has 1 aromatic carbocycles. The topological polar surface area (TPSA) is 388 Å². The predicted molar refractivity (Wildman–Crippen MR) is 303 cm³/mol. The maximum atomic E-state index is 14.6. The fourth-order valence-electron chi connectivity index (χ4n) is 10.1. The molecular weight excluding hydrogens is 1140 g/mol. The Labute approximate surface area is 500 Å². The van der Waals surface area contributed by atoms with Crippen LogP contribution in [0.1, 0.15) is 134 Å². The molecule has 1 fully saturated rings. The van der Waals surface area contributed by atoms with E-state index in [4.69, 9.17) is 0 Å². The molecule has 9 atom stereocenters. The van der Waals surface area contributed by atoms with Gasteiger partial charge in [-0.3, -0.25) is 57.4 Å². The molecule has 2 aliphatic heterocycles. The van der Waals surface area contributed by atoms with E-state index in [2.05, 4.69) is 73.4 Å². The molecule has 476 valence electrons. The summed E-state index contributed by atoms with van der Waals surface area (Å²) in [6, 6.07) is -7.33. The number of H-pyrrole nitrogens is 1. The zero-order valence-corrected chi connectivity index (χ0v) is 49.4. The molecule has 0 radical (unpaired) electrons. The van der Waals surface area contributed by atoms with E-state index in [-0.39, 0.29) is 74.2 Å². The summed E-state index contributed by atoms with van der Waals surface area (Å²) in [5.74, 6) is -10.3. The van der Waals surface area contributed by atoms with Crippen LogP contribution in [0.4, 0.5) is 13.2 Å². The second-order valence-electron chi connectivity index (χ2n) is 23.7. The molecule has 3 aliphatic rings. The van der Waals surface area contributed by atoms with Gasteiger partial charge >= 0.3 is 12.1 Å². The molecule has 12 N–H and O–H groups in total. The molecular formula is C57H80F3N15O12. The molecule has 0 unspecified atom stereocenters. The van der Waals surface area contributed by atoms with Crippen LogP contribution in [0.5, 0.6) is 0 Å². The highest BCUT2D eigenvalue weighted by Crippen LogP contribution is 2.34. The second-order valence-corrected chi connectivity index (χ2v) is 23.7. The summed E-state index contributed by atoms with van der Waals surface area (Å²) < 4.78 is 42.0. The first-order chi connectivity index (χ1) is 41.1. The largest absolute Gasteiger partial charge is 0.481 e. The minimum Gasteiger partial charge on any atom is -0.481 e. The third-order valence-corrected chi connectivity index (χ3v) is 15.0. The van der Waals surface area contributed by atoms with E-state index in [0.717, 1.165) is 37.1 Å². The molecule has 0 saturated heterocycles. The van der Waals surface area contributed by atoms with Crippen molar-refractivity contribution in [2.75, 3.05) is 13.1 Å². The average molecular weight is 1220 g/mol. The van der Waals surface area contributed by atoms with Crippen LogP contribution in [-0.2, 0) is 84.7 Å². The number of aromatic nitrogens is 5. The Morgan fingerprint density at radius 2 is 1.30 bits per heavy atom. The Hall–Kier alpha value is -8.47. The van der Waals surface area contributed by atoms with Crippen molar-refractivity contribution in [3.8, 4) is 0 Å². The molecule has 4 heterocycles. The SMILES string of the molecule is CC[C@@H]1NC(=O)[C@H]2Cc3cn(nn3)CCC[C@@H](NC(=O)[C@H](C)NC(=O)[C@H](CC(C)(C)C)CCCCNC(=O)[C@H](Cc3ccc(C(F)(F)F)cc3)NC1=O)C(=O)N[C@@H](Cc1cnc[nH]1)C(=O)N[C@@H](CC1CC1)C(=O)NCC(=O)N[C@@H](CCC(=O)O)C(=O)N2. The maximum Gasteiger partial charge on any atom is 0.416 e. The third kappa shape index (κ3) is 22.1. The van der Waals surface area contributed by atoms with Crippen molar-refractivity contribution in [2.45, 2.75) is 192 Å². The van der Waals surface area contributed by atoms with Gasteiger partial charge < -0.3 is 63.3 Å². The number of carboxylic acids is 1. The van der Waals surface area contributed by atoms with Crippen LogP contribution in [0.2, 0.25) is 0 Å². The zero-order valence-electron chi connectivity index (χ0n) is 49.4. The Kier molecular flexibility index (Phi) is 24.3. The van der Waals surface area contributed by atoms with E-state index in [9.17, 15) is 71.0 Å². The van der Waals surface area contributed by atoms with Gasteiger partial charge in [0.15, 0.2) is 0 Å². The Balaban J connectivity index is 1.39. The number of amides is 10. The quantitative estimate of drug-likeness (QED) is 0.123. The summed E-state index contributed by atoms with van der Waals surface area (Å²) in [5.41, 5.74) is -0.581. The van der Waals surface area contributed by atoms with Crippen molar-refractivity contribution in [1.29, 1.82) is 0 Å². The lowest BCUT2D eigenvalue weighted by atomic mass is 9.82. The number of halogens is 3. The van der Waals surface area contributed by atoms with Gasteiger partial charge in [0.1, 0.15) is 48.3 Å². The number of nitrogens with one attached hydrogen (secondary N) is 11. The standard InChI is InChI=1S/C57H80F3N15O12/c1-6-38-51(83)69-41(23-33-14-16-35(17-15-33)57(58,59)60)49(81)62-20-8-7-10-34(26-56(3,4)5)48(80)65-31(2)47(79)68-39-11-9-21-75-29-37(73-74-75)25-44(54(86)67-38)72-53(85)40(18-19-46(77)78)66-45(76)28-63-50(82)42(22-32-12-13-32)70-55(87)43(71-52(39)84)24-36-27-61-30-64-36/h14-17,27,29-32,34,38-44H,6-13,18-26,28H2,1-5H3,(H,61,64)(H,62,81)(H,63,82)(H,65,80)(H,66,76)(H,67,86)(H,68,79)(H,69,83)(H,70,87)(H,71,84)(H,72,85)(H,77,78)/t31-,34-,38-,39+,40-,41-,42-,43-,44+/m0/s1. The smallest absolute Gasteiger partial charge is 0.416 e. The van der Waals surface area contributed by atoms with Gasteiger partial charge in [-0.1, -0.05) is 64.3 Å². The number of aromatic amines is 1. The number of benzene rings is 1. The molecule has 2 aromatic heterocycles. The highest BCUT2D eigenvalue weighted by atomic mass is 19.4. The van der Waals surface area contributed by atoms with Crippen molar-refractivity contribution in [3.05, 3.63) is 65.5 Å². The van der Waals surface area contributed by atoms with Gasteiger partial charge in [0.25, 0.3) is 0 Å². The number of carboxylic acid groups (broad SMARTS) is 1. The number of hydrogen-bond acceptors (Lipinski definition) is 14. The number of imidazole rings is 1. The normalized spacial score (nSPS) is 25.7. The zero-order chi connectivity index (χ0) is 63.6. The molecule has 4 bridgehead atoms. The monoisotopic (exact) mass is 1220 g/mol. The van der Waals surface area contributed by atoms with E-state index < -0.39 is 157 Å². The summed E-state index contributed by atoms with van der Waals surface area (Å²) >= 11 is 0. The number of rotatable bonds is 11. The van der Waals surface area contributed by atoms with Crippen molar-refractivity contribution < 1.29 is 71.0 Å². The number of aryl methyl sites for hydroxylation is 1. The first kappa shape index (κ1) is 67.7. The Morgan fingerprint density at radius 1 is 0.667 bits per heavy atom. The molecule has 1 aliphatic carbocycles. The van der Waals surface area contributed by atoms with Crippen molar-refractivity contribution in [3.63, 3.8) is 0 Å². The van der Waals surface area contributed by atoms with Gasteiger partial charge in [-0.15, -0.1) is 5.10 Å². The lowest BCUT2D eigenvalue weighted by Crippen LogP contribution is -2.59. The van der Waals surface area contributed by atoms with Crippen LogP contribution in [-0.4, -0.2) is 157 Å². The number of carbonyl (C=O) groups excluding carboxylic acids is 10. The minimum atomic E-state index is -4.66. The van der Waals surface area contributed by atoms with E-state index >= 15 is 0 Å². The number of fused-ring (bicyclic) bond motifs is 4. The number of carbonyl (C=O) groups is 11. The van der Waals surface area contributed by atoms with E-state index in [1.807, 2.05) is 20.8 Å². The highest BCUT2D eigenvalue weighted by molar-refractivity contribution is 5.98. The van der Waals surface area contributed by atoms with Crippen LogP contribution in [0, 0.1) is 17.3 Å². The Morgan fingerprint density at radius 3 is 1.95 bits per heavy atom. The van der Waals surface area contributed by atoms with Gasteiger partial charge in [-0.2, -0.15) is 13.2 Å². The van der Waals surface area contributed by atoms with Crippen LogP contribution in [0.25, 0.3) is 0 Å². The van der Waals surface area contributed by atoms with Crippen molar-refractivity contribution in [2.24, 2.45) is 17.3 Å². The van der Waals surface area contributed by atoms with Gasteiger partial charge in [0.2, 0.25) is 59.1 Å². The number of aliphatic carboxylic acids is 1. The maximum absolute atomic E-state index is 14.6. The molecule has 6 rings (SSSR count). The number of alkyl halides is 3. The average Bonchev–Trinajstić information content (AvgIpc) is 4.18. The summed E-state index contributed by atoms with van der Waals surface area (Å²) in [6.07, 6.45) is 0.388. The first-order valence-corrected chi connectivity index (χ1v) is 29.4. The van der Waals surface area contributed by atoms with E-state index in [1.165, 1.54) is 37.3 Å². The van der Waals surface area contributed by atoms with Crippen LogP contribution < -0.4 is 53.2 Å². The predicted octanol–water partition coefficient (Wildman–Crippen LogP) is 0.284. The summed E-state index contributed by atoms with van der Waals surface area (Å²) in [7, 11) is 0. The highest BCUT2D eigenvalue weighted by Gasteiger charge is 2.37. The molecule has 30 heteroatoms. The van der Waals surface area contributed by atoms with E-state index in [0.29, 0.717) is 31.4 Å². The summed E-state index contributed by atoms with van der Waals surface area (Å²) in [6.45, 7) is 8.07. The molecule has 87 heavy (non-hydrogen) atoms. The fraction of sp³-hybridized carbons (Fsp3) is 0.614. The second kappa shape index (κ2) is 31.3. The van der Waals surface area contributed by atoms with E-state index in [1.54, 1.807) is 0 Å². The van der Waals surface area contributed by atoms with Gasteiger partial charge in [-0.25, -0.2) is 4.98 Å². The van der Waals surface area contributed by atoms with Crippen molar-refractivity contribution >= 4 is 65.0 Å². The van der Waals surface area contributed by atoms with Gasteiger partial charge in [-0.05, 0) is 87.3 Å². The lowest BCUT2D eigenvalue weighted by Gasteiger charge is -2.28. The number of nitrogens with zero attached hydrogens (tertiary/aromatic N) is 4. The van der Waals surface area contributed by atoms with Crippen molar-refractivity contribution in [1.82, 2.24) is 78.1 Å². The lowest BCUT2D eigenvalue weighted by molar-refractivity contribution is -0.139. The van der Waals surface area contributed by atoms with Gasteiger partial charge in [0, 0.05) is 62.8 Å². The Bertz CT molecular complexity index is 2910. The number of hydrogen-bond donors (Lipinski definition) is 12. The van der Waals surface area contributed by atoms with Crippen LogP contribution >= 0.6 is 0 Å². The summed E-state index contributed by atoms with van der Waals surface area (Å²) in [5, 5.41) is 44.4. The van der Waals surface area contributed by atoms with Crippen LogP contribution in [0.15, 0.2) is 43.0 Å². The third-order valence-electron chi connectivity index (χ3n) is 15.0. The minimum absolute atomic E-state index is 0.0197. The molecule has 0 spiro atoms. The molecule has 27 nitrogen and oxygen atoms in total. The molecule has 10 amide bonds. The first-order valence-electron chi connectivity index (χ1n) is 29.4. The summed E-state index contributed by atoms with van der Waals surface area (Å²) in [4.78, 5) is 161. The van der Waals surface area contributed by atoms with Crippen LogP contribution in [0.3, 0.4) is 0 Å².